The van der Waals surface area contributed by atoms with Crippen LogP contribution in [0.2, 0.25) is 0 Å². The van der Waals surface area contributed by atoms with Gasteiger partial charge in [0.15, 0.2) is 6.10 Å². The Morgan fingerprint density at radius 2 is 0.716 bits per heavy atom. The molecule has 0 aromatic carbocycles. The van der Waals surface area contributed by atoms with Gasteiger partial charge in [0.2, 0.25) is 0 Å². The smallest absolute Gasteiger partial charge is 0.462 e. The second-order valence-corrected chi connectivity index (χ2v) is 21.6. The summed E-state index contributed by atoms with van der Waals surface area (Å²) in [7, 11) is -4.75. The van der Waals surface area contributed by atoms with Gasteiger partial charge in [-0.05, 0) is 96.3 Å². The average Bonchev–Trinajstić information content (AvgIpc) is 3.39. The molecule has 3 atom stereocenters. The minimum absolute atomic E-state index is 0.163. The fourth-order valence-corrected chi connectivity index (χ4v) is 9.07. The molecule has 0 saturated heterocycles. The molecule has 0 heterocycles. The molecule has 0 fully saturated rings. The normalized spacial score (nSPS) is 13.7. The van der Waals surface area contributed by atoms with Crippen molar-refractivity contribution in [2.24, 2.45) is 0 Å². The van der Waals surface area contributed by atoms with E-state index in [0.29, 0.717) is 19.3 Å². The van der Waals surface area contributed by atoms with Crippen molar-refractivity contribution < 1.29 is 52.2 Å². The van der Waals surface area contributed by atoms with Crippen molar-refractivity contribution in [2.75, 3.05) is 26.4 Å². The number of rotatable bonds is 56. The van der Waals surface area contributed by atoms with Crippen molar-refractivity contribution in [1.29, 1.82) is 0 Å². The molecule has 12 heteroatoms. The predicted molar refractivity (Wildman–Crippen MR) is 307 cm³/mol. The second kappa shape index (κ2) is 56.4. The molecule has 0 aliphatic heterocycles. The molecule has 0 rings (SSSR count). The molecule has 2 N–H and O–H groups in total. The van der Waals surface area contributed by atoms with Gasteiger partial charge in [0.1, 0.15) is 12.7 Å². The molecule has 0 aliphatic rings. The molecular weight excluding hydrogens is 952 g/mol. The first-order chi connectivity index (χ1) is 36.2. The molecule has 0 aliphatic carbocycles. The number of unbranched alkanes of at least 4 members (excludes halogenated alkanes) is 29. The average molecular weight is 1060 g/mol. The van der Waals surface area contributed by atoms with Crippen LogP contribution in [0.25, 0.3) is 0 Å². The highest BCUT2D eigenvalue weighted by Crippen LogP contribution is 2.43. The third-order valence-electron chi connectivity index (χ3n) is 12.9. The maximum Gasteiger partial charge on any atom is 0.472 e. The highest BCUT2D eigenvalue weighted by molar-refractivity contribution is 7.47. The van der Waals surface area contributed by atoms with Crippen LogP contribution in [0.15, 0.2) is 60.8 Å². The van der Waals surface area contributed by atoms with Gasteiger partial charge in [-0.25, -0.2) is 4.57 Å². The van der Waals surface area contributed by atoms with Gasteiger partial charge in [-0.1, -0.05) is 223 Å². The summed E-state index contributed by atoms with van der Waals surface area (Å²) < 4.78 is 39.5. The van der Waals surface area contributed by atoms with Gasteiger partial charge in [-0.15, -0.1) is 0 Å². The number of aliphatic hydroxyl groups is 1. The summed E-state index contributed by atoms with van der Waals surface area (Å²) in [5.74, 6) is -1.48. The van der Waals surface area contributed by atoms with Crippen molar-refractivity contribution in [3.8, 4) is 0 Å². The Bertz CT molecular complexity index is 1470. The summed E-state index contributed by atoms with van der Waals surface area (Å²) in [6, 6.07) is 0. The Labute approximate surface area is 453 Å². The third-order valence-corrected chi connectivity index (χ3v) is 13.8. The molecule has 3 unspecified atom stereocenters. The van der Waals surface area contributed by atoms with Crippen LogP contribution < -0.4 is 0 Å². The Morgan fingerprint density at radius 3 is 1.14 bits per heavy atom. The molecular formula is C62H111O11P. The minimum atomic E-state index is -4.75. The number of carbonyl (C=O) groups is 3. The number of phosphoric acid groups is 1. The lowest BCUT2D eigenvalue weighted by Gasteiger charge is -2.21. The predicted octanol–water partition coefficient (Wildman–Crippen LogP) is 17.9. The highest BCUT2D eigenvalue weighted by atomic mass is 31.2. The molecule has 0 saturated carbocycles. The molecule has 0 spiro atoms. The number of phosphoric ester groups is 1. The summed E-state index contributed by atoms with van der Waals surface area (Å²) in [6.07, 6.45) is 61.8. The zero-order valence-electron chi connectivity index (χ0n) is 47.6. The second-order valence-electron chi connectivity index (χ2n) is 20.1. The third kappa shape index (κ3) is 54.0. The number of hydrogen-bond acceptors (Lipinski definition) is 10. The zero-order valence-corrected chi connectivity index (χ0v) is 48.5. The summed E-state index contributed by atoms with van der Waals surface area (Å²) in [4.78, 5) is 48.6. The van der Waals surface area contributed by atoms with E-state index < -0.39 is 57.8 Å². The Morgan fingerprint density at radius 1 is 0.392 bits per heavy atom. The van der Waals surface area contributed by atoms with Crippen molar-refractivity contribution in [1.82, 2.24) is 0 Å². The Balaban J connectivity index is 4.72. The Kier molecular flexibility index (Phi) is 54.2. The monoisotopic (exact) mass is 1060 g/mol. The van der Waals surface area contributed by atoms with E-state index in [9.17, 15) is 28.9 Å². The highest BCUT2D eigenvalue weighted by Gasteiger charge is 2.28. The summed E-state index contributed by atoms with van der Waals surface area (Å²) >= 11 is 0. The summed E-state index contributed by atoms with van der Waals surface area (Å²) in [5, 5.41) is 9.80. The molecule has 11 nitrogen and oxygen atoms in total. The van der Waals surface area contributed by atoms with E-state index >= 15 is 0 Å². The molecule has 0 bridgehead atoms. The number of aliphatic hydroxyl groups excluding tert-OH is 1. The molecule has 0 amide bonds. The molecule has 74 heavy (non-hydrogen) atoms. The van der Waals surface area contributed by atoms with Gasteiger partial charge in [0.05, 0.1) is 19.8 Å². The number of hydrogen-bond donors (Lipinski definition) is 2. The largest absolute Gasteiger partial charge is 0.472 e. The van der Waals surface area contributed by atoms with Crippen LogP contribution in [0.1, 0.15) is 278 Å². The van der Waals surface area contributed by atoms with Gasteiger partial charge >= 0.3 is 25.7 Å². The number of carbonyl (C=O) groups excluding carboxylic acids is 3. The zero-order chi connectivity index (χ0) is 54.1. The lowest BCUT2D eigenvalue weighted by molar-refractivity contribution is -0.161. The lowest BCUT2D eigenvalue weighted by atomic mass is 10.1. The standard InChI is InChI=1S/C62H111O11P/c1-4-7-10-13-16-19-22-24-26-28-29-31-33-35-38-41-44-47-50-53-62(66)73-59(55-69-60(64)51-48-45-42-39-37-34-32-30-27-25-23-20-17-14-11-8-5-2)57-71-74(67,68)70-56-58(54-63)72-61(65)52-49-46-43-40-36-21-18-15-12-9-6-3/h8,11,15,17-18,20,24-27,58-59,63H,4-7,9-10,12-14,16,19,21-23,28-57H2,1-3H3,(H,67,68)/b11-8-,18-15-,20-17-,26-24-,27-25-. The van der Waals surface area contributed by atoms with Crippen LogP contribution in [0.4, 0.5) is 0 Å². The van der Waals surface area contributed by atoms with E-state index in [1.54, 1.807) is 0 Å². The first-order valence-electron chi connectivity index (χ1n) is 30.2. The van der Waals surface area contributed by atoms with Crippen LogP contribution in [0.3, 0.4) is 0 Å². The SMILES string of the molecule is CC/C=C\C/C=C\C/C=C\CCCCCCCCCC(=O)OCC(COP(=O)(O)OCC(CO)OC(=O)CCCCCCC/C=C\CCCC)OC(=O)CCCCCCCCCCC/C=C\CCCCCCCC. The maximum atomic E-state index is 12.9. The van der Waals surface area contributed by atoms with Gasteiger partial charge in [-0.2, -0.15) is 0 Å². The molecule has 0 aromatic rings. The van der Waals surface area contributed by atoms with Crippen molar-refractivity contribution in [2.45, 2.75) is 290 Å². The van der Waals surface area contributed by atoms with E-state index in [-0.39, 0.29) is 25.9 Å². The molecule has 0 aromatic heterocycles. The van der Waals surface area contributed by atoms with E-state index in [0.717, 1.165) is 109 Å². The lowest BCUT2D eigenvalue weighted by Crippen LogP contribution is -2.30. The van der Waals surface area contributed by atoms with Gasteiger partial charge in [0.25, 0.3) is 0 Å². The van der Waals surface area contributed by atoms with Crippen molar-refractivity contribution >= 4 is 25.7 Å². The topological polar surface area (TPSA) is 155 Å². The van der Waals surface area contributed by atoms with Crippen molar-refractivity contribution in [3.05, 3.63) is 60.8 Å². The van der Waals surface area contributed by atoms with Gasteiger partial charge in [-0.3, -0.25) is 23.4 Å². The maximum absolute atomic E-state index is 12.9. The van der Waals surface area contributed by atoms with Crippen LogP contribution >= 0.6 is 7.82 Å². The number of allylic oxidation sites excluding steroid dienone is 10. The van der Waals surface area contributed by atoms with E-state index in [2.05, 4.69) is 81.5 Å². The fourth-order valence-electron chi connectivity index (χ4n) is 8.29. The first-order valence-corrected chi connectivity index (χ1v) is 31.7. The number of esters is 3. The van der Waals surface area contributed by atoms with Gasteiger partial charge in [0, 0.05) is 19.3 Å². The molecule has 0 radical (unpaired) electrons. The van der Waals surface area contributed by atoms with E-state index in [1.165, 1.54) is 109 Å². The van der Waals surface area contributed by atoms with Crippen LogP contribution in [0, 0.1) is 0 Å². The number of ether oxygens (including phenoxy) is 3. The fraction of sp³-hybridized carbons (Fsp3) is 0.790. The van der Waals surface area contributed by atoms with Crippen LogP contribution in [-0.4, -0.2) is 66.5 Å². The molecule has 430 valence electrons. The summed E-state index contributed by atoms with van der Waals surface area (Å²) in [6.45, 7) is 4.50. The minimum Gasteiger partial charge on any atom is -0.462 e. The van der Waals surface area contributed by atoms with Gasteiger partial charge < -0.3 is 24.2 Å². The van der Waals surface area contributed by atoms with E-state index in [4.69, 9.17) is 23.3 Å². The first kappa shape index (κ1) is 71.2. The van der Waals surface area contributed by atoms with E-state index in [1.807, 2.05) is 0 Å². The van der Waals surface area contributed by atoms with Crippen molar-refractivity contribution in [3.63, 3.8) is 0 Å². The summed E-state index contributed by atoms with van der Waals surface area (Å²) in [5.41, 5.74) is 0. The van der Waals surface area contributed by atoms with Crippen LogP contribution in [0.5, 0.6) is 0 Å². The quantitative estimate of drug-likeness (QED) is 0.0197. The van der Waals surface area contributed by atoms with Crippen LogP contribution in [-0.2, 0) is 42.2 Å². The Hall–Kier alpha value is -2.82.